The van der Waals surface area contributed by atoms with Gasteiger partial charge in [-0.05, 0) is 61.8 Å². The minimum absolute atomic E-state index is 0.0515. The van der Waals surface area contributed by atoms with E-state index in [9.17, 15) is 5.11 Å². The fraction of sp³-hybridized carbons (Fsp3) is 1.00. The summed E-state index contributed by atoms with van der Waals surface area (Å²) in [5.41, 5.74) is 1.09. The summed E-state index contributed by atoms with van der Waals surface area (Å²) in [4.78, 5) is 2.73. The molecule has 104 valence electrons. The fourth-order valence-electron chi connectivity index (χ4n) is 4.38. The Kier molecular flexibility index (Phi) is 3.02. The summed E-state index contributed by atoms with van der Waals surface area (Å²) in [6.45, 7) is 9.74. The number of likely N-dealkylation sites (tertiary alicyclic amines) is 1. The zero-order valence-electron chi connectivity index (χ0n) is 12.3. The Bertz CT molecular complexity index is 316. The van der Waals surface area contributed by atoms with Crippen molar-refractivity contribution < 1.29 is 5.11 Å². The van der Waals surface area contributed by atoms with E-state index < -0.39 is 0 Å². The monoisotopic (exact) mass is 251 g/mol. The molecule has 0 amide bonds. The van der Waals surface area contributed by atoms with Crippen molar-refractivity contribution in [3.8, 4) is 0 Å². The third-order valence-electron chi connectivity index (χ3n) is 5.80. The first-order valence-electron chi connectivity index (χ1n) is 7.82. The third-order valence-corrected chi connectivity index (χ3v) is 5.80. The lowest BCUT2D eigenvalue weighted by molar-refractivity contribution is -0.00473. The Morgan fingerprint density at radius 3 is 2.39 bits per heavy atom. The number of aliphatic hydroxyl groups excluding tert-OH is 1. The highest BCUT2D eigenvalue weighted by molar-refractivity contribution is 5.04. The average molecular weight is 251 g/mol. The summed E-state index contributed by atoms with van der Waals surface area (Å²) < 4.78 is 0. The molecule has 0 aromatic heterocycles. The summed E-state index contributed by atoms with van der Waals surface area (Å²) in [5.74, 6) is 0.759. The number of rotatable bonds is 1. The van der Waals surface area contributed by atoms with Crippen LogP contribution in [0.1, 0.15) is 59.3 Å². The van der Waals surface area contributed by atoms with Gasteiger partial charge in [0.15, 0.2) is 0 Å². The molecule has 1 heterocycles. The van der Waals surface area contributed by atoms with Crippen molar-refractivity contribution in [1.82, 2.24) is 4.90 Å². The van der Waals surface area contributed by atoms with Crippen molar-refractivity contribution in [2.45, 2.75) is 71.4 Å². The van der Waals surface area contributed by atoms with Gasteiger partial charge in [0.05, 0.1) is 6.10 Å². The van der Waals surface area contributed by atoms with Gasteiger partial charge in [-0.2, -0.15) is 0 Å². The summed E-state index contributed by atoms with van der Waals surface area (Å²) in [6, 6.07) is 0.633. The molecule has 3 fully saturated rings. The van der Waals surface area contributed by atoms with E-state index in [2.05, 4.69) is 25.7 Å². The molecule has 1 spiro atoms. The van der Waals surface area contributed by atoms with Crippen LogP contribution in [0.4, 0.5) is 0 Å². The summed E-state index contributed by atoms with van der Waals surface area (Å²) in [7, 11) is 0. The van der Waals surface area contributed by atoms with Crippen LogP contribution in [-0.4, -0.2) is 35.2 Å². The van der Waals surface area contributed by atoms with Crippen LogP contribution in [-0.2, 0) is 0 Å². The molecule has 2 aliphatic carbocycles. The van der Waals surface area contributed by atoms with Crippen molar-refractivity contribution in [3.05, 3.63) is 0 Å². The van der Waals surface area contributed by atoms with Gasteiger partial charge < -0.3 is 5.11 Å². The summed E-state index contributed by atoms with van der Waals surface area (Å²) in [6.07, 6.45) is 7.51. The van der Waals surface area contributed by atoms with Crippen LogP contribution in [0.5, 0.6) is 0 Å². The van der Waals surface area contributed by atoms with Crippen LogP contribution >= 0.6 is 0 Å². The van der Waals surface area contributed by atoms with Crippen LogP contribution in [0.2, 0.25) is 0 Å². The number of hydrogen-bond donors (Lipinski definition) is 1. The Hall–Kier alpha value is -0.0800. The van der Waals surface area contributed by atoms with Crippen molar-refractivity contribution in [1.29, 1.82) is 0 Å². The van der Waals surface area contributed by atoms with Gasteiger partial charge in [0.25, 0.3) is 0 Å². The third kappa shape index (κ3) is 2.34. The maximum atomic E-state index is 10.0. The topological polar surface area (TPSA) is 23.5 Å². The van der Waals surface area contributed by atoms with Gasteiger partial charge in [0.1, 0.15) is 0 Å². The molecule has 18 heavy (non-hydrogen) atoms. The van der Waals surface area contributed by atoms with Gasteiger partial charge in [-0.1, -0.05) is 20.8 Å². The zero-order valence-corrected chi connectivity index (χ0v) is 12.3. The second-order valence-corrected chi connectivity index (χ2v) is 8.23. The van der Waals surface area contributed by atoms with Gasteiger partial charge in [-0.3, -0.25) is 4.90 Å². The molecule has 1 saturated heterocycles. The Morgan fingerprint density at radius 2 is 1.83 bits per heavy atom. The maximum Gasteiger partial charge on any atom is 0.0555 e. The molecule has 3 atom stereocenters. The van der Waals surface area contributed by atoms with Crippen molar-refractivity contribution in [2.24, 2.45) is 16.7 Å². The van der Waals surface area contributed by atoms with E-state index in [1.54, 1.807) is 0 Å². The highest BCUT2D eigenvalue weighted by Crippen LogP contribution is 2.54. The lowest BCUT2D eigenvalue weighted by atomic mass is 9.68. The molecule has 0 aromatic carbocycles. The zero-order chi connectivity index (χ0) is 13.0. The van der Waals surface area contributed by atoms with Gasteiger partial charge in [0, 0.05) is 12.6 Å². The molecule has 1 N–H and O–H groups in total. The van der Waals surface area contributed by atoms with Crippen LogP contribution in [0.3, 0.4) is 0 Å². The Morgan fingerprint density at radius 1 is 1.11 bits per heavy atom. The van der Waals surface area contributed by atoms with Crippen molar-refractivity contribution >= 4 is 0 Å². The van der Waals surface area contributed by atoms with Crippen LogP contribution in [0.15, 0.2) is 0 Å². The minimum atomic E-state index is -0.0515. The molecular formula is C16H29NO. The SMILES string of the molecule is CC(C)(C)C1CCC(O)CC1N1CCC2(CC2)C1. The molecule has 2 nitrogen and oxygen atoms in total. The van der Waals surface area contributed by atoms with E-state index in [0.29, 0.717) is 16.9 Å². The number of nitrogens with zero attached hydrogens (tertiary/aromatic N) is 1. The quantitative estimate of drug-likeness (QED) is 0.774. The van der Waals surface area contributed by atoms with Gasteiger partial charge in [-0.25, -0.2) is 0 Å². The first kappa shape index (κ1) is 12.9. The molecule has 1 aliphatic heterocycles. The van der Waals surface area contributed by atoms with Crippen molar-refractivity contribution in [2.75, 3.05) is 13.1 Å². The summed E-state index contributed by atoms with van der Waals surface area (Å²) in [5, 5.41) is 10.0. The lowest BCUT2D eigenvalue weighted by Crippen LogP contribution is -2.49. The van der Waals surface area contributed by atoms with Gasteiger partial charge in [-0.15, -0.1) is 0 Å². The highest BCUT2D eigenvalue weighted by Gasteiger charge is 2.51. The maximum absolute atomic E-state index is 10.0. The first-order chi connectivity index (χ1) is 8.40. The molecule has 2 heteroatoms. The van der Waals surface area contributed by atoms with Crippen LogP contribution in [0, 0.1) is 16.7 Å². The molecule has 2 saturated carbocycles. The van der Waals surface area contributed by atoms with E-state index >= 15 is 0 Å². The molecule has 3 rings (SSSR count). The molecule has 3 aliphatic rings. The van der Waals surface area contributed by atoms with Gasteiger partial charge in [0.2, 0.25) is 0 Å². The number of aliphatic hydroxyl groups is 1. The fourth-order valence-corrected chi connectivity index (χ4v) is 4.38. The Labute approximate surface area is 112 Å². The predicted molar refractivity (Wildman–Crippen MR) is 74.4 cm³/mol. The first-order valence-corrected chi connectivity index (χ1v) is 7.82. The van der Waals surface area contributed by atoms with Gasteiger partial charge >= 0.3 is 0 Å². The number of hydrogen-bond acceptors (Lipinski definition) is 2. The Balaban J connectivity index is 1.73. The lowest BCUT2D eigenvalue weighted by Gasteiger charge is -2.46. The van der Waals surface area contributed by atoms with Crippen LogP contribution < -0.4 is 0 Å². The average Bonchev–Trinajstić information content (AvgIpc) is 2.87. The highest BCUT2D eigenvalue weighted by atomic mass is 16.3. The minimum Gasteiger partial charge on any atom is -0.393 e. The normalized spacial score (nSPS) is 40.3. The predicted octanol–water partition coefficient (Wildman–Crippen LogP) is 3.05. The second kappa shape index (κ2) is 4.21. The van der Waals surface area contributed by atoms with E-state index in [4.69, 9.17) is 0 Å². The molecule has 3 unspecified atom stereocenters. The second-order valence-electron chi connectivity index (χ2n) is 8.23. The van der Waals surface area contributed by atoms with Crippen molar-refractivity contribution in [3.63, 3.8) is 0 Å². The van der Waals surface area contributed by atoms with E-state index in [1.165, 1.54) is 38.8 Å². The molecule has 0 aromatic rings. The molecule has 0 radical (unpaired) electrons. The summed E-state index contributed by atoms with van der Waals surface area (Å²) >= 11 is 0. The van der Waals surface area contributed by atoms with E-state index in [1.807, 2.05) is 0 Å². The molecular weight excluding hydrogens is 222 g/mol. The molecule has 0 bridgehead atoms. The van der Waals surface area contributed by atoms with Crippen LogP contribution in [0.25, 0.3) is 0 Å². The van der Waals surface area contributed by atoms with E-state index in [-0.39, 0.29) is 6.10 Å². The smallest absolute Gasteiger partial charge is 0.0555 e. The van der Waals surface area contributed by atoms with E-state index in [0.717, 1.165) is 18.8 Å². The largest absolute Gasteiger partial charge is 0.393 e. The standard InChI is InChI=1S/C16H29NO/c1-15(2,3)13-5-4-12(18)10-14(13)17-9-8-16(11-17)6-7-16/h12-14,18H,4-11H2,1-3H3.